The lowest BCUT2D eigenvalue weighted by Crippen LogP contribution is -2.01. The smallest absolute Gasteiger partial charge is 0.0622 e. The van der Waals surface area contributed by atoms with Crippen molar-refractivity contribution < 1.29 is 4.21 Å². The van der Waals surface area contributed by atoms with Crippen LogP contribution in [0.2, 0.25) is 0 Å². The van der Waals surface area contributed by atoms with Gasteiger partial charge in [-0.1, -0.05) is 15.9 Å². The minimum absolute atomic E-state index is 0.433. The van der Waals surface area contributed by atoms with Crippen LogP contribution in [0.15, 0.2) is 27.6 Å². The molecule has 0 fully saturated rings. The SMILES string of the molecule is N#CCCCS(=O)c1ccc(Br)cc1N. The monoisotopic (exact) mass is 286 g/mol. The minimum Gasteiger partial charge on any atom is -0.398 e. The molecule has 1 rings (SSSR count). The first-order valence-corrected chi connectivity index (χ1v) is 6.56. The molecule has 0 aliphatic heterocycles. The van der Waals surface area contributed by atoms with E-state index >= 15 is 0 Å². The van der Waals surface area contributed by atoms with Crippen LogP contribution in [0.25, 0.3) is 0 Å². The molecule has 0 amide bonds. The molecule has 0 saturated carbocycles. The third-order valence-corrected chi connectivity index (χ3v) is 3.85. The number of anilines is 1. The van der Waals surface area contributed by atoms with E-state index in [4.69, 9.17) is 11.0 Å². The molecule has 2 N–H and O–H groups in total. The summed E-state index contributed by atoms with van der Waals surface area (Å²) in [5.41, 5.74) is 6.27. The summed E-state index contributed by atoms with van der Waals surface area (Å²) in [6.07, 6.45) is 1.07. The lowest BCUT2D eigenvalue weighted by Gasteiger charge is -2.05. The van der Waals surface area contributed by atoms with Crippen molar-refractivity contribution in [3.63, 3.8) is 0 Å². The molecule has 0 spiro atoms. The number of rotatable bonds is 4. The van der Waals surface area contributed by atoms with Gasteiger partial charge in [-0.2, -0.15) is 5.26 Å². The summed E-state index contributed by atoms with van der Waals surface area (Å²) in [5, 5.41) is 8.36. The van der Waals surface area contributed by atoms with Crippen LogP contribution in [0.4, 0.5) is 5.69 Å². The zero-order chi connectivity index (χ0) is 11.3. The van der Waals surface area contributed by atoms with Gasteiger partial charge in [-0.15, -0.1) is 0 Å². The number of unbranched alkanes of at least 4 members (excludes halogenated alkanes) is 1. The van der Waals surface area contributed by atoms with E-state index in [0.29, 0.717) is 29.2 Å². The van der Waals surface area contributed by atoms with Gasteiger partial charge in [0.2, 0.25) is 0 Å². The van der Waals surface area contributed by atoms with Gasteiger partial charge < -0.3 is 5.73 Å². The number of nitrogens with zero attached hydrogens (tertiary/aromatic N) is 1. The van der Waals surface area contributed by atoms with Crippen LogP contribution in [0.3, 0.4) is 0 Å². The van der Waals surface area contributed by atoms with Crippen LogP contribution < -0.4 is 5.73 Å². The van der Waals surface area contributed by atoms with Gasteiger partial charge in [0.1, 0.15) is 0 Å². The Morgan fingerprint density at radius 2 is 2.27 bits per heavy atom. The van der Waals surface area contributed by atoms with Crippen LogP contribution in [0.5, 0.6) is 0 Å². The molecule has 0 aromatic heterocycles. The quantitative estimate of drug-likeness (QED) is 0.683. The fraction of sp³-hybridized carbons (Fsp3) is 0.300. The molecular weight excluding hydrogens is 276 g/mol. The van der Waals surface area contributed by atoms with Gasteiger partial charge in [0.25, 0.3) is 0 Å². The second kappa shape index (κ2) is 5.89. The first-order chi connectivity index (χ1) is 7.15. The van der Waals surface area contributed by atoms with Gasteiger partial charge in [0.15, 0.2) is 0 Å². The van der Waals surface area contributed by atoms with Crippen molar-refractivity contribution >= 4 is 32.4 Å². The molecule has 0 radical (unpaired) electrons. The number of hydrogen-bond acceptors (Lipinski definition) is 3. The van der Waals surface area contributed by atoms with E-state index in [1.54, 1.807) is 12.1 Å². The maximum absolute atomic E-state index is 11.8. The number of nitrogen functional groups attached to an aromatic ring is 1. The maximum atomic E-state index is 11.8. The summed E-state index contributed by atoms with van der Waals surface area (Å²) < 4.78 is 12.6. The summed E-state index contributed by atoms with van der Waals surface area (Å²) in [7, 11) is -1.10. The Kier molecular flexibility index (Phi) is 4.79. The molecule has 0 saturated heterocycles. The highest BCUT2D eigenvalue weighted by Gasteiger charge is 2.07. The molecular formula is C10H11BrN2OS. The van der Waals surface area contributed by atoms with Crippen LogP contribution in [0.1, 0.15) is 12.8 Å². The third-order valence-electron chi connectivity index (χ3n) is 1.84. The van der Waals surface area contributed by atoms with Crippen LogP contribution in [-0.4, -0.2) is 9.96 Å². The van der Waals surface area contributed by atoms with Crippen molar-refractivity contribution in [1.29, 1.82) is 5.26 Å². The van der Waals surface area contributed by atoms with E-state index in [1.807, 2.05) is 12.1 Å². The fourth-order valence-electron chi connectivity index (χ4n) is 1.12. The van der Waals surface area contributed by atoms with Gasteiger partial charge in [-0.3, -0.25) is 4.21 Å². The van der Waals surface area contributed by atoms with Crippen molar-refractivity contribution in [2.24, 2.45) is 0 Å². The Hall–Kier alpha value is -0.860. The van der Waals surface area contributed by atoms with Gasteiger partial charge in [0.05, 0.1) is 21.8 Å². The van der Waals surface area contributed by atoms with Crippen molar-refractivity contribution in [3.8, 4) is 6.07 Å². The molecule has 3 nitrogen and oxygen atoms in total. The molecule has 15 heavy (non-hydrogen) atoms. The first-order valence-electron chi connectivity index (χ1n) is 4.45. The van der Waals surface area contributed by atoms with Crippen LogP contribution in [-0.2, 0) is 10.8 Å². The number of hydrogen-bond donors (Lipinski definition) is 1. The topological polar surface area (TPSA) is 66.9 Å². The van der Waals surface area contributed by atoms with Gasteiger partial charge in [-0.05, 0) is 24.6 Å². The number of halogens is 1. The van der Waals surface area contributed by atoms with Crippen molar-refractivity contribution in [2.75, 3.05) is 11.5 Å². The Balaban J connectivity index is 2.70. The molecule has 1 unspecified atom stereocenters. The molecule has 0 heterocycles. The lowest BCUT2D eigenvalue weighted by atomic mass is 10.3. The zero-order valence-electron chi connectivity index (χ0n) is 8.07. The predicted molar refractivity (Wildman–Crippen MR) is 64.7 cm³/mol. The minimum atomic E-state index is -1.10. The summed E-state index contributed by atoms with van der Waals surface area (Å²) >= 11 is 3.29. The molecule has 0 aliphatic carbocycles. The average Bonchev–Trinajstić information content (AvgIpc) is 2.17. The molecule has 1 atom stereocenters. The molecule has 1 aromatic rings. The molecule has 1 aromatic carbocycles. The van der Waals surface area contributed by atoms with E-state index in [-0.39, 0.29) is 0 Å². The Morgan fingerprint density at radius 3 is 2.87 bits per heavy atom. The second-order valence-corrected chi connectivity index (χ2v) is 5.45. The van der Waals surface area contributed by atoms with Gasteiger partial charge in [-0.25, -0.2) is 0 Å². The standard InChI is InChI=1S/C10H11BrN2OS/c11-8-3-4-10(9(13)7-8)15(14)6-2-1-5-12/h3-4,7H,1-2,6,13H2. The fourth-order valence-corrected chi connectivity index (χ4v) is 2.67. The van der Waals surface area contributed by atoms with Crippen molar-refractivity contribution in [3.05, 3.63) is 22.7 Å². The molecule has 0 aliphatic rings. The Bertz CT molecular complexity index is 414. The van der Waals surface area contributed by atoms with E-state index in [1.165, 1.54) is 0 Å². The van der Waals surface area contributed by atoms with Gasteiger partial charge >= 0.3 is 0 Å². The number of nitrogens with two attached hydrogens (primary N) is 1. The lowest BCUT2D eigenvalue weighted by molar-refractivity contribution is 0.681. The highest BCUT2D eigenvalue weighted by molar-refractivity contribution is 9.10. The molecule has 80 valence electrons. The highest BCUT2D eigenvalue weighted by Crippen LogP contribution is 2.21. The van der Waals surface area contributed by atoms with E-state index in [0.717, 1.165) is 4.47 Å². The first kappa shape index (κ1) is 12.2. The Morgan fingerprint density at radius 1 is 1.53 bits per heavy atom. The largest absolute Gasteiger partial charge is 0.398 e. The second-order valence-electron chi connectivity index (χ2n) is 2.99. The number of benzene rings is 1. The zero-order valence-corrected chi connectivity index (χ0v) is 10.5. The van der Waals surface area contributed by atoms with Crippen molar-refractivity contribution in [1.82, 2.24) is 0 Å². The van der Waals surface area contributed by atoms with Gasteiger partial charge in [0, 0.05) is 22.3 Å². The summed E-state index contributed by atoms with van der Waals surface area (Å²) in [6, 6.07) is 7.32. The van der Waals surface area contributed by atoms with Crippen molar-refractivity contribution in [2.45, 2.75) is 17.7 Å². The van der Waals surface area contributed by atoms with E-state index in [2.05, 4.69) is 15.9 Å². The summed E-state index contributed by atoms with van der Waals surface area (Å²) in [6.45, 7) is 0. The summed E-state index contributed by atoms with van der Waals surface area (Å²) in [5.74, 6) is 0.486. The third kappa shape index (κ3) is 3.65. The normalized spacial score (nSPS) is 12.0. The average molecular weight is 287 g/mol. The van der Waals surface area contributed by atoms with E-state index in [9.17, 15) is 4.21 Å². The highest BCUT2D eigenvalue weighted by atomic mass is 79.9. The predicted octanol–water partition coefficient (Wildman–Crippen LogP) is 2.44. The number of nitriles is 1. The van der Waals surface area contributed by atoms with Crippen LogP contribution >= 0.6 is 15.9 Å². The maximum Gasteiger partial charge on any atom is 0.0622 e. The molecule has 0 bridgehead atoms. The van der Waals surface area contributed by atoms with Crippen LogP contribution in [0, 0.1) is 11.3 Å². The van der Waals surface area contributed by atoms with E-state index < -0.39 is 10.8 Å². The molecule has 5 heteroatoms. The summed E-state index contributed by atoms with van der Waals surface area (Å²) in [4.78, 5) is 0.649. The Labute approximate surface area is 99.9 Å².